The summed E-state index contributed by atoms with van der Waals surface area (Å²) in [4.78, 5) is 30.8. The number of hydrogen-bond donors (Lipinski definition) is 2. The van der Waals surface area contributed by atoms with E-state index in [1.54, 1.807) is 29.8 Å². The molecule has 4 aromatic heterocycles. The number of carbonyl (C=O) groups excluding carboxylic acids is 1. The molecule has 0 unspecified atom stereocenters. The molecule has 4 aromatic rings. The number of fused-ring (bicyclic) bond motifs is 2. The van der Waals surface area contributed by atoms with Crippen molar-refractivity contribution < 1.29 is 9.32 Å². The minimum Gasteiger partial charge on any atom is -0.360 e. The molecule has 9 heteroatoms. The molecule has 0 aromatic carbocycles. The Hall–Kier alpha value is -3.75. The van der Waals surface area contributed by atoms with Crippen LogP contribution in [0.25, 0.3) is 16.7 Å². The molecule has 0 aliphatic rings. The minimum absolute atomic E-state index is 0.00139. The molecule has 0 atom stereocenters. The fourth-order valence-electron chi connectivity index (χ4n) is 3.41. The standard InChI is InChI=1S/C21H22N6O3/c1-4-5-8-26-17(22)14(20(28)23-16-10-13(3)30-25-16)11-15-19(26)24-18-12(2)7-6-9-27(18)21(15)29/h6-7,9-11,22H,4-5,8H2,1-3H3,(H,23,25,28). The molecule has 1 amide bonds. The van der Waals surface area contributed by atoms with Crippen LogP contribution in [0.5, 0.6) is 0 Å². The van der Waals surface area contributed by atoms with E-state index in [0.717, 1.165) is 18.4 Å². The Kier molecular flexibility index (Phi) is 4.94. The van der Waals surface area contributed by atoms with Crippen LogP contribution in [0, 0.1) is 19.3 Å². The summed E-state index contributed by atoms with van der Waals surface area (Å²) in [5.41, 5.74) is 1.59. The van der Waals surface area contributed by atoms with Crippen molar-refractivity contribution in [3.8, 4) is 0 Å². The van der Waals surface area contributed by atoms with E-state index in [1.807, 2.05) is 19.9 Å². The van der Waals surface area contributed by atoms with Gasteiger partial charge in [0.1, 0.15) is 22.5 Å². The van der Waals surface area contributed by atoms with Crippen LogP contribution in [-0.2, 0) is 6.54 Å². The average molecular weight is 406 g/mol. The number of aromatic nitrogens is 4. The van der Waals surface area contributed by atoms with Crippen molar-refractivity contribution in [2.24, 2.45) is 0 Å². The smallest absolute Gasteiger partial charge is 0.267 e. The van der Waals surface area contributed by atoms with Crippen LogP contribution in [0.15, 0.2) is 39.8 Å². The van der Waals surface area contributed by atoms with Crippen molar-refractivity contribution >= 4 is 28.4 Å². The Balaban J connectivity index is 1.97. The molecule has 0 radical (unpaired) electrons. The van der Waals surface area contributed by atoms with Crippen LogP contribution >= 0.6 is 0 Å². The number of aryl methyl sites for hydroxylation is 3. The van der Waals surface area contributed by atoms with Gasteiger partial charge in [0.05, 0.1) is 10.9 Å². The number of nitrogens with one attached hydrogen (secondary N) is 2. The van der Waals surface area contributed by atoms with Gasteiger partial charge in [0.2, 0.25) is 0 Å². The summed E-state index contributed by atoms with van der Waals surface area (Å²) in [6, 6.07) is 6.68. The first-order chi connectivity index (χ1) is 14.4. The Morgan fingerprint density at radius 2 is 2.07 bits per heavy atom. The highest BCUT2D eigenvalue weighted by Gasteiger charge is 2.18. The Morgan fingerprint density at radius 3 is 2.77 bits per heavy atom. The Bertz CT molecular complexity index is 1400. The highest BCUT2D eigenvalue weighted by Crippen LogP contribution is 2.15. The maximum absolute atomic E-state index is 13.2. The molecule has 0 spiro atoms. The van der Waals surface area contributed by atoms with Crippen molar-refractivity contribution in [1.29, 1.82) is 5.41 Å². The lowest BCUT2D eigenvalue weighted by Gasteiger charge is -2.14. The van der Waals surface area contributed by atoms with Crippen LogP contribution < -0.4 is 16.4 Å². The number of carbonyl (C=O) groups is 1. The molecule has 30 heavy (non-hydrogen) atoms. The van der Waals surface area contributed by atoms with Gasteiger partial charge >= 0.3 is 0 Å². The average Bonchev–Trinajstić information content (AvgIpc) is 3.12. The number of amides is 1. The quantitative estimate of drug-likeness (QED) is 0.494. The van der Waals surface area contributed by atoms with Crippen LogP contribution in [-0.4, -0.2) is 25.0 Å². The van der Waals surface area contributed by atoms with E-state index in [2.05, 4.69) is 15.5 Å². The molecule has 0 fully saturated rings. The first-order valence-electron chi connectivity index (χ1n) is 9.75. The highest BCUT2D eigenvalue weighted by atomic mass is 16.5. The van der Waals surface area contributed by atoms with Gasteiger partial charge in [0.25, 0.3) is 11.5 Å². The highest BCUT2D eigenvalue weighted by molar-refractivity contribution is 6.05. The third kappa shape index (κ3) is 3.28. The topological polar surface area (TPSA) is 118 Å². The summed E-state index contributed by atoms with van der Waals surface area (Å²) in [7, 11) is 0. The predicted molar refractivity (Wildman–Crippen MR) is 112 cm³/mol. The normalized spacial score (nSPS) is 11.3. The van der Waals surface area contributed by atoms with E-state index < -0.39 is 5.91 Å². The van der Waals surface area contributed by atoms with E-state index in [-0.39, 0.29) is 27.8 Å². The van der Waals surface area contributed by atoms with E-state index in [4.69, 9.17) is 9.93 Å². The molecule has 2 N–H and O–H groups in total. The van der Waals surface area contributed by atoms with E-state index in [1.165, 1.54) is 10.5 Å². The molecule has 0 bridgehead atoms. The van der Waals surface area contributed by atoms with E-state index in [9.17, 15) is 9.59 Å². The van der Waals surface area contributed by atoms with Gasteiger partial charge in [-0.3, -0.25) is 19.4 Å². The lowest BCUT2D eigenvalue weighted by molar-refractivity contribution is 0.102. The maximum Gasteiger partial charge on any atom is 0.267 e. The molecule has 0 saturated heterocycles. The van der Waals surface area contributed by atoms with Crippen LogP contribution in [0.2, 0.25) is 0 Å². The SMILES string of the molecule is CCCCn1c(=N)c(C(=O)Nc2cc(C)on2)cc2c(=O)n3cccc(C)c3nc21. The first-order valence-corrected chi connectivity index (χ1v) is 9.75. The summed E-state index contributed by atoms with van der Waals surface area (Å²) >= 11 is 0. The zero-order chi connectivity index (χ0) is 21.4. The van der Waals surface area contributed by atoms with E-state index >= 15 is 0 Å². The second-order valence-corrected chi connectivity index (χ2v) is 7.23. The van der Waals surface area contributed by atoms with Crippen molar-refractivity contribution in [1.82, 2.24) is 19.1 Å². The Morgan fingerprint density at radius 1 is 1.27 bits per heavy atom. The van der Waals surface area contributed by atoms with Gasteiger partial charge in [-0.05, 0) is 38.0 Å². The van der Waals surface area contributed by atoms with Gasteiger partial charge in [-0.25, -0.2) is 4.98 Å². The van der Waals surface area contributed by atoms with Crippen LogP contribution in [0.1, 0.15) is 41.4 Å². The molecule has 0 aliphatic heterocycles. The number of pyridine rings is 2. The zero-order valence-electron chi connectivity index (χ0n) is 17.0. The lowest BCUT2D eigenvalue weighted by atomic mass is 10.1. The molecule has 4 heterocycles. The maximum atomic E-state index is 13.2. The largest absolute Gasteiger partial charge is 0.360 e. The van der Waals surface area contributed by atoms with E-state index in [0.29, 0.717) is 23.6 Å². The fourth-order valence-corrected chi connectivity index (χ4v) is 3.41. The van der Waals surface area contributed by atoms with Gasteiger partial charge in [-0.15, -0.1) is 0 Å². The summed E-state index contributed by atoms with van der Waals surface area (Å²) in [6.45, 7) is 6.11. The first kappa shape index (κ1) is 19.6. The monoisotopic (exact) mass is 406 g/mol. The lowest BCUT2D eigenvalue weighted by Crippen LogP contribution is -2.32. The molecule has 4 rings (SSSR count). The van der Waals surface area contributed by atoms with Gasteiger partial charge in [0.15, 0.2) is 5.82 Å². The van der Waals surface area contributed by atoms with Crippen molar-refractivity contribution in [3.63, 3.8) is 0 Å². The van der Waals surface area contributed by atoms with Gasteiger partial charge in [-0.2, -0.15) is 0 Å². The molecule has 0 aliphatic carbocycles. The molecular weight excluding hydrogens is 384 g/mol. The Labute approximate surface area is 171 Å². The second-order valence-electron chi connectivity index (χ2n) is 7.23. The minimum atomic E-state index is -0.533. The van der Waals surface area contributed by atoms with Gasteiger partial charge in [0, 0.05) is 18.8 Å². The zero-order valence-corrected chi connectivity index (χ0v) is 17.0. The second kappa shape index (κ2) is 7.58. The van der Waals surface area contributed by atoms with Gasteiger partial charge < -0.3 is 14.4 Å². The molecular formula is C21H22N6O3. The number of hydrogen-bond acceptors (Lipinski definition) is 6. The number of anilines is 1. The number of rotatable bonds is 5. The summed E-state index contributed by atoms with van der Waals surface area (Å²) in [5.74, 6) is 0.271. The van der Waals surface area contributed by atoms with Crippen molar-refractivity contribution in [2.45, 2.75) is 40.2 Å². The van der Waals surface area contributed by atoms with Crippen molar-refractivity contribution in [3.05, 3.63) is 63.2 Å². The predicted octanol–water partition coefficient (Wildman–Crippen LogP) is 2.79. The summed E-state index contributed by atoms with van der Waals surface area (Å²) in [6.07, 6.45) is 3.34. The fraction of sp³-hybridized carbons (Fsp3) is 0.286. The third-order valence-corrected chi connectivity index (χ3v) is 4.98. The number of nitrogens with zero attached hydrogens (tertiary/aromatic N) is 4. The van der Waals surface area contributed by atoms with Gasteiger partial charge in [-0.1, -0.05) is 24.6 Å². The van der Waals surface area contributed by atoms with Crippen molar-refractivity contribution in [2.75, 3.05) is 5.32 Å². The third-order valence-electron chi connectivity index (χ3n) is 4.98. The molecule has 9 nitrogen and oxygen atoms in total. The molecule has 154 valence electrons. The summed E-state index contributed by atoms with van der Waals surface area (Å²) < 4.78 is 8.08. The number of unbranched alkanes of at least 4 members (excludes halogenated alkanes) is 1. The van der Waals surface area contributed by atoms with Crippen LogP contribution in [0.3, 0.4) is 0 Å². The summed E-state index contributed by atoms with van der Waals surface area (Å²) in [5, 5.41) is 15.3. The molecule has 0 saturated carbocycles. The van der Waals surface area contributed by atoms with Crippen LogP contribution in [0.4, 0.5) is 5.82 Å².